The number of aliphatic hydroxyl groups excluding tert-OH is 1. The van der Waals surface area contributed by atoms with Gasteiger partial charge in [-0.15, -0.1) is 0 Å². The van der Waals surface area contributed by atoms with Crippen LogP contribution in [-0.4, -0.2) is 24.4 Å². The highest BCUT2D eigenvalue weighted by molar-refractivity contribution is 4.57. The molecule has 0 unspecified atom stereocenters. The molecule has 1 heterocycles. The van der Waals surface area contributed by atoms with Crippen molar-refractivity contribution in [2.75, 3.05) is 13.2 Å². The van der Waals surface area contributed by atoms with Crippen molar-refractivity contribution >= 4 is 0 Å². The predicted octanol–water partition coefficient (Wildman–Crippen LogP) is 0.548. The van der Waals surface area contributed by atoms with E-state index in [1.165, 1.54) is 0 Å². The van der Waals surface area contributed by atoms with Crippen molar-refractivity contribution in [3.8, 4) is 0 Å². The number of ether oxygens (including phenoxy) is 1. The number of hydrogen-bond donors (Lipinski definition) is 1. The van der Waals surface area contributed by atoms with Crippen molar-refractivity contribution in [2.24, 2.45) is 0 Å². The largest absolute Gasteiger partial charge is 0.393 e. The van der Waals surface area contributed by atoms with Gasteiger partial charge in [0.25, 0.3) is 0 Å². The highest BCUT2D eigenvalue weighted by atomic mass is 16.5. The van der Waals surface area contributed by atoms with E-state index in [0.29, 0.717) is 0 Å². The van der Waals surface area contributed by atoms with E-state index in [2.05, 4.69) is 0 Å². The normalized spacial score (nSPS) is 31.9. The summed E-state index contributed by atoms with van der Waals surface area (Å²) in [7, 11) is 0. The molecule has 2 heteroatoms. The van der Waals surface area contributed by atoms with Crippen LogP contribution in [0.15, 0.2) is 0 Å². The van der Waals surface area contributed by atoms with Crippen LogP contribution in [0.2, 0.25) is 0 Å². The van der Waals surface area contributed by atoms with E-state index in [-0.39, 0.29) is 6.10 Å². The molecule has 2 nitrogen and oxygen atoms in total. The number of rotatable bonds is 0. The van der Waals surface area contributed by atoms with E-state index >= 15 is 0 Å². The summed E-state index contributed by atoms with van der Waals surface area (Å²) in [6.45, 7) is 1.57. The molecule has 0 aromatic rings. The quantitative estimate of drug-likeness (QED) is 0.500. The molecule has 0 radical (unpaired) electrons. The average Bonchev–Trinajstić information content (AvgIpc) is 1.94. The maximum atomic E-state index is 9.01. The van der Waals surface area contributed by atoms with E-state index in [1.54, 1.807) is 0 Å². The summed E-state index contributed by atoms with van der Waals surface area (Å²) in [5, 5.41) is 9.01. The molecule has 1 aliphatic rings. The van der Waals surface area contributed by atoms with Crippen LogP contribution in [0.5, 0.6) is 0 Å². The Kier molecular flexibility index (Phi) is 2.30. The summed E-state index contributed by atoms with van der Waals surface area (Å²) < 4.78 is 5.10. The Balaban J connectivity index is 2.17. The first-order chi connectivity index (χ1) is 3.89. The molecule has 48 valence electrons. The fourth-order valence-electron chi connectivity index (χ4n) is 0.887. The minimum Gasteiger partial charge on any atom is -0.393 e. The third-order valence-electron chi connectivity index (χ3n) is 1.42. The van der Waals surface area contributed by atoms with Crippen LogP contribution in [-0.2, 0) is 4.74 Å². The molecule has 1 saturated heterocycles. The van der Waals surface area contributed by atoms with Gasteiger partial charge in [-0.2, -0.15) is 0 Å². The molecule has 0 amide bonds. The van der Waals surface area contributed by atoms with Gasteiger partial charge in [-0.25, -0.2) is 0 Å². The van der Waals surface area contributed by atoms with Gasteiger partial charge < -0.3 is 9.84 Å². The van der Waals surface area contributed by atoms with Gasteiger partial charge in [-0.05, 0) is 19.3 Å². The topological polar surface area (TPSA) is 29.5 Å². The summed E-state index contributed by atoms with van der Waals surface area (Å²) in [5.74, 6) is 0. The number of aliphatic hydroxyl groups is 1. The lowest BCUT2D eigenvalue weighted by molar-refractivity contribution is 0.118. The molecular weight excluding hydrogens is 104 g/mol. The molecule has 0 aliphatic carbocycles. The van der Waals surface area contributed by atoms with Gasteiger partial charge in [0.1, 0.15) is 0 Å². The fraction of sp³-hybridized carbons (Fsp3) is 1.00. The predicted molar refractivity (Wildman–Crippen MR) is 30.7 cm³/mol. The van der Waals surface area contributed by atoms with Gasteiger partial charge in [-0.1, -0.05) is 0 Å². The van der Waals surface area contributed by atoms with Crippen molar-refractivity contribution in [1.82, 2.24) is 0 Å². The zero-order valence-electron chi connectivity index (χ0n) is 4.97. The van der Waals surface area contributed by atoms with Crippen LogP contribution < -0.4 is 0 Å². The van der Waals surface area contributed by atoms with Crippen molar-refractivity contribution in [3.05, 3.63) is 0 Å². The monoisotopic (exact) mass is 116 g/mol. The van der Waals surface area contributed by atoms with E-state index in [9.17, 15) is 0 Å². The molecule has 0 bridgehead atoms. The highest BCUT2D eigenvalue weighted by Gasteiger charge is 2.06. The summed E-state index contributed by atoms with van der Waals surface area (Å²) in [6.07, 6.45) is 2.65. The second kappa shape index (κ2) is 3.05. The zero-order chi connectivity index (χ0) is 5.82. The molecule has 8 heavy (non-hydrogen) atoms. The first-order valence-electron chi connectivity index (χ1n) is 3.15. The van der Waals surface area contributed by atoms with Gasteiger partial charge >= 0.3 is 0 Å². The van der Waals surface area contributed by atoms with Crippen molar-refractivity contribution in [2.45, 2.75) is 25.4 Å². The lowest BCUT2D eigenvalue weighted by Crippen LogP contribution is -2.04. The van der Waals surface area contributed by atoms with Crippen molar-refractivity contribution in [3.63, 3.8) is 0 Å². The Labute approximate surface area is 49.5 Å². The number of hydrogen-bond acceptors (Lipinski definition) is 2. The van der Waals surface area contributed by atoms with Crippen LogP contribution >= 0.6 is 0 Å². The second-order valence-electron chi connectivity index (χ2n) is 2.20. The highest BCUT2D eigenvalue weighted by Crippen LogP contribution is 2.06. The minimum absolute atomic E-state index is 0.0995. The van der Waals surface area contributed by atoms with Crippen LogP contribution in [0.1, 0.15) is 19.3 Å². The van der Waals surface area contributed by atoms with Gasteiger partial charge in [0, 0.05) is 13.2 Å². The Bertz CT molecular complexity index is 55.5. The average molecular weight is 116 g/mol. The molecule has 0 aromatic heterocycles. The maximum Gasteiger partial charge on any atom is 0.0563 e. The minimum atomic E-state index is -0.0995. The molecule has 1 N–H and O–H groups in total. The third kappa shape index (κ3) is 1.80. The zero-order valence-corrected chi connectivity index (χ0v) is 4.97. The molecule has 1 atom stereocenters. The first-order valence-corrected chi connectivity index (χ1v) is 3.15. The van der Waals surface area contributed by atoms with Crippen LogP contribution in [0.25, 0.3) is 0 Å². The van der Waals surface area contributed by atoms with E-state index in [1.807, 2.05) is 0 Å². The summed E-state index contributed by atoms with van der Waals surface area (Å²) in [5.41, 5.74) is 0. The van der Waals surface area contributed by atoms with Gasteiger partial charge in [0.2, 0.25) is 0 Å². The molecule has 1 aliphatic heterocycles. The third-order valence-corrected chi connectivity index (χ3v) is 1.42. The maximum absolute atomic E-state index is 9.01. The lowest BCUT2D eigenvalue weighted by atomic mass is 10.2. The molecule has 1 rings (SSSR count). The Hall–Kier alpha value is -0.0800. The standard InChI is InChI=1S/C6H12O2/c7-6-2-1-4-8-5-3-6/h6-7H,1-5H2/t6-/m0/s1. The SMILES string of the molecule is O[C@H]1CCCOCC1. The summed E-state index contributed by atoms with van der Waals surface area (Å²) in [6, 6.07) is 0. The smallest absolute Gasteiger partial charge is 0.0563 e. The van der Waals surface area contributed by atoms with Gasteiger partial charge in [-0.3, -0.25) is 0 Å². The molecule has 0 spiro atoms. The second-order valence-corrected chi connectivity index (χ2v) is 2.20. The van der Waals surface area contributed by atoms with E-state index in [0.717, 1.165) is 32.5 Å². The van der Waals surface area contributed by atoms with E-state index < -0.39 is 0 Å². The lowest BCUT2D eigenvalue weighted by Gasteiger charge is -2.01. The Morgan fingerprint density at radius 1 is 1.25 bits per heavy atom. The Morgan fingerprint density at radius 3 is 3.00 bits per heavy atom. The first kappa shape index (κ1) is 6.05. The van der Waals surface area contributed by atoms with Crippen LogP contribution in [0.4, 0.5) is 0 Å². The van der Waals surface area contributed by atoms with Gasteiger partial charge in [0.05, 0.1) is 6.10 Å². The molecule has 0 saturated carbocycles. The van der Waals surface area contributed by atoms with Gasteiger partial charge in [0.15, 0.2) is 0 Å². The van der Waals surface area contributed by atoms with E-state index in [4.69, 9.17) is 9.84 Å². The molecule has 1 fully saturated rings. The fourth-order valence-corrected chi connectivity index (χ4v) is 0.887. The summed E-state index contributed by atoms with van der Waals surface area (Å²) >= 11 is 0. The van der Waals surface area contributed by atoms with Crippen molar-refractivity contribution < 1.29 is 9.84 Å². The van der Waals surface area contributed by atoms with Crippen molar-refractivity contribution in [1.29, 1.82) is 0 Å². The molecule has 0 aromatic carbocycles. The van der Waals surface area contributed by atoms with Crippen LogP contribution in [0.3, 0.4) is 0 Å². The molecular formula is C6H12O2. The van der Waals surface area contributed by atoms with Crippen LogP contribution in [0, 0.1) is 0 Å². The Morgan fingerprint density at radius 2 is 2.12 bits per heavy atom. The summed E-state index contributed by atoms with van der Waals surface area (Å²) in [4.78, 5) is 0.